The number of rotatable bonds is 7. The second kappa shape index (κ2) is 10.6. The topological polar surface area (TPSA) is 126 Å². The summed E-state index contributed by atoms with van der Waals surface area (Å²) in [7, 11) is 0. The van der Waals surface area contributed by atoms with E-state index in [0.29, 0.717) is 17.4 Å². The number of carbonyl (C=O) groups excluding carboxylic acids is 2. The largest absolute Gasteiger partial charge is 0.454 e. The Kier molecular flexibility index (Phi) is 7.34. The molecule has 0 spiro atoms. The Hall–Kier alpha value is -3.87. The van der Waals surface area contributed by atoms with Gasteiger partial charge in [0.15, 0.2) is 5.75 Å². The summed E-state index contributed by atoms with van der Waals surface area (Å²) in [5, 5.41) is 16.0. The van der Waals surface area contributed by atoms with Crippen LogP contribution in [0, 0.1) is 11.3 Å². The van der Waals surface area contributed by atoms with Crippen molar-refractivity contribution in [1.82, 2.24) is 10.3 Å². The van der Waals surface area contributed by atoms with Crippen molar-refractivity contribution in [2.75, 3.05) is 12.0 Å². The van der Waals surface area contributed by atoms with E-state index in [1.807, 2.05) is 29.6 Å². The van der Waals surface area contributed by atoms with Gasteiger partial charge in [-0.15, -0.1) is 0 Å². The van der Waals surface area contributed by atoms with Gasteiger partial charge in [-0.2, -0.15) is 10.4 Å². The quantitative estimate of drug-likeness (QED) is 0.304. The lowest BCUT2D eigenvalue weighted by Gasteiger charge is -2.12. The number of ether oxygens (including phenoxy) is 2. The minimum Gasteiger partial charge on any atom is -0.454 e. The molecule has 178 valence electrons. The molecule has 1 saturated carbocycles. The zero-order chi connectivity index (χ0) is 24.9. The molecule has 1 fully saturated rings. The van der Waals surface area contributed by atoms with Gasteiger partial charge in [0.25, 0.3) is 5.91 Å². The van der Waals surface area contributed by atoms with Crippen LogP contribution in [0.25, 0.3) is 10.9 Å². The number of hydrogen-bond acceptors (Lipinski definition) is 8. The number of fused-ring (bicyclic) bond motifs is 1. The van der Waals surface area contributed by atoms with Gasteiger partial charge in [-0.25, -0.2) is 4.79 Å². The summed E-state index contributed by atoms with van der Waals surface area (Å²) in [4.78, 5) is 28.0. The number of imide groups is 1. The number of hydrazone groups is 1. The highest BCUT2D eigenvalue weighted by Gasteiger charge is 2.25. The first-order valence-electron chi connectivity index (χ1n) is 10.7. The number of amides is 2. The van der Waals surface area contributed by atoms with Crippen molar-refractivity contribution in [3.63, 3.8) is 0 Å². The Bertz CT molecular complexity index is 1360. The third-order valence-electron chi connectivity index (χ3n) is 5.00. The number of carbonyl (C=O) groups is 2. The van der Waals surface area contributed by atoms with E-state index in [9.17, 15) is 9.59 Å². The van der Waals surface area contributed by atoms with Gasteiger partial charge < -0.3 is 9.47 Å². The Balaban J connectivity index is 1.48. The SMILES string of the molecule is CCOC(=O)NC(=O)/C(C#N)=N/Nc1cc(Cl)c(Oc2ccc3nc(C4CC4)ccc3c2)c(Cl)c1. The summed E-state index contributed by atoms with van der Waals surface area (Å²) in [5.74, 6) is 0.306. The molecule has 0 saturated heterocycles. The second-order valence-corrected chi connectivity index (χ2v) is 8.41. The maximum atomic E-state index is 11.9. The van der Waals surface area contributed by atoms with Gasteiger partial charge in [-0.1, -0.05) is 29.3 Å². The van der Waals surface area contributed by atoms with Crippen molar-refractivity contribution >= 4 is 57.5 Å². The van der Waals surface area contributed by atoms with E-state index >= 15 is 0 Å². The summed E-state index contributed by atoms with van der Waals surface area (Å²) in [6, 6.07) is 14.1. The molecule has 1 aliphatic rings. The molecule has 9 nitrogen and oxygen atoms in total. The first-order chi connectivity index (χ1) is 16.9. The van der Waals surface area contributed by atoms with E-state index in [1.165, 1.54) is 25.0 Å². The monoisotopic (exact) mass is 511 g/mol. The van der Waals surface area contributed by atoms with Gasteiger partial charge in [0.1, 0.15) is 11.8 Å². The first-order valence-corrected chi connectivity index (χ1v) is 11.4. The maximum absolute atomic E-state index is 11.9. The minimum absolute atomic E-state index is 0.0687. The summed E-state index contributed by atoms with van der Waals surface area (Å²) < 4.78 is 10.5. The van der Waals surface area contributed by atoms with Crippen molar-refractivity contribution < 1.29 is 19.1 Å². The van der Waals surface area contributed by atoms with Crippen LogP contribution in [0.2, 0.25) is 10.0 Å². The molecular weight excluding hydrogens is 493 g/mol. The van der Waals surface area contributed by atoms with Gasteiger partial charge in [0.05, 0.1) is 27.9 Å². The fraction of sp³-hybridized carbons (Fsp3) is 0.208. The molecule has 0 aliphatic heterocycles. The van der Waals surface area contributed by atoms with Crippen LogP contribution in [0.4, 0.5) is 10.5 Å². The van der Waals surface area contributed by atoms with E-state index in [0.717, 1.165) is 16.6 Å². The van der Waals surface area contributed by atoms with Crippen LogP contribution < -0.4 is 15.5 Å². The summed E-state index contributed by atoms with van der Waals surface area (Å²) in [5.41, 5.74) is 4.21. The number of pyridine rings is 1. The lowest BCUT2D eigenvalue weighted by molar-refractivity contribution is -0.114. The Labute approximate surface area is 210 Å². The van der Waals surface area contributed by atoms with E-state index < -0.39 is 17.7 Å². The first kappa shape index (κ1) is 24.3. The number of nitrogens with one attached hydrogen (secondary N) is 2. The number of anilines is 1. The zero-order valence-corrected chi connectivity index (χ0v) is 20.0. The number of aromatic nitrogens is 1. The van der Waals surface area contributed by atoms with E-state index in [4.69, 9.17) is 38.2 Å². The average molecular weight is 512 g/mol. The molecular formula is C24H19Cl2N5O4. The van der Waals surface area contributed by atoms with Gasteiger partial charge in [-0.3, -0.25) is 20.5 Å². The van der Waals surface area contributed by atoms with E-state index in [2.05, 4.69) is 15.3 Å². The average Bonchev–Trinajstić information content (AvgIpc) is 3.67. The molecule has 0 unspecified atom stereocenters. The highest BCUT2D eigenvalue weighted by molar-refractivity contribution is 6.47. The molecule has 2 amide bonds. The summed E-state index contributed by atoms with van der Waals surface area (Å²) in [6.45, 7) is 1.65. The Morgan fingerprint density at radius 3 is 2.57 bits per heavy atom. The highest BCUT2D eigenvalue weighted by Crippen LogP contribution is 2.41. The van der Waals surface area contributed by atoms with Crippen LogP contribution in [0.15, 0.2) is 47.6 Å². The minimum atomic E-state index is -1.02. The molecule has 2 aromatic carbocycles. The summed E-state index contributed by atoms with van der Waals surface area (Å²) in [6.07, 6.45) is 1.39. The standard InChI is InChI=1S/C24H19Cl2N5O4/c1-2-34-24(33)29-23(32)21(12-27)31-30-15-10-17(25)22(18(26)11-15)35-16-6-8-20-14(9-16)5-7-19(28-20)13-3-4-13/h5-11,13,30H,2-4H2,1H3,(H,29,32,33)/b31-21+. The van der Waals surface area contributed by atoms with Gasteiger partial charge in [0, 0.05) is 17.0 Å². The van der Waals surface area contributed by atoms with Crippen molar-refractivity contribution in [3.8, 4) is 17.6 Å². The third-order valence-corrected chi connectivity index (χ3v) is 5.57. The van der Waals surface area contributed by atoms with Crippen LogP contribution in [0.3, 0.4) is 0 Å². The van der Waals surface area contributed by atoms with Crippen LogP contribution in [0.1, 0.15) is 31.4 Å². The predicted octanol–water partition coefficient (Wildman–Crippen LogP) is 5.78. The molecule has 0 bridgehead atoms. The fourth-order valence-electron chi connectivity index (χ4n) is 3.20. The number of benzene rings is 2. The number of nitriles is 1. The van der Waals surface area contributed by atoms with Crippen LogP contribution in [-0.4, -0.2) is 29.3 Å². The Morgan fingerprint density at radius 2 is 1.91 bits per heavy atom. The normalized spacial score (nSPS) is 13.1. The van der Waals surface area contributed by atoms with Crippen LogP contribution in [-0.2, 0) is 9.53 Å². The number of hydrogen-bond donors (Lipinski definition) is 2. The molecule has 1 aliphatic carbocycles. The highest BCUT2D eigenvalue weighted by atomic mass is 35.5. The molecule has 4 rings (SSSR count). The lowest BCUT2D eigenvalue weighted by atomic mass is 10.1. The molecule has 35 heavy (non-hydrogen) atoms. The van der Waals surface area contributed by atoms with Gasteiger partial charge in [0.2, 0.25) is 5.71 Å². The molecule has 1 aromatic heterocycles. The Morgan fingerprint density at radius 1 is 1.17 bits per heavy atom. The van der Waals surface area contributed by atoms with E-state index in [-0.39, 0.29) is 22.4 Å². The predicted molar refractivity (Wildman–Crippen MR) is 132 cm³/mol. The number of nitrogens with zero attached hydrogens (tertiary/aromatic N) is 3. The lowest BCUT2D eigenvalue weighted by Crippen LogP contribution is -2.36. The van der Waals surface area contributed by atoms with E-state index in [1.54, 1.807) is 19.1 Å². The molecule has 2 N–H and O–H groups in total. The third kappa shape index (κ3) is 5.98. The number of halogens is 2. The molecule has 0 atom stereocenters. The number of alkyl carbamates (subject to hydrolysis) is 1. The van der Waals surface area contributed by atoms with Crippen LogP contribution >= 0.6 is 23.2 Å². The van der Waals surface area contributed by atoms with Crippen LogP contribution in [0.5, 0.6) is 11.5 Å². The smallest absolute Gasteiger partial charge is 0.414 e. The summed E-state index contributed by atoms with van der Waals surface area (Å²) >= 11 is 12.7. The molecule has 11 heteroatoms. The second-order valence-electron chi connectivity index (χ2n) is 7.59. The van der Waals surface area contributed by atoms with Crippen molar-refractivity contribution in [2.45, 2.75) is 25.7 Å². The molecule has 0 radical (unpaired) electrons. The van der Waals surface area contributed by atoms with Crippen molar-refractivity contribution in [2.24, 2.45) is 5.10 Å². The van der Waals surface area contributed by atoms with Gasteiger partial charge >= 0.3 is 6.09 Å². The van der Waals surface area contributed by atoms with Gasteiger partial charge in [-0.05, 0) is 56.2 Å². The molecule has 1 heterocycles. The fourth-order valence-corrected chi connectivity index (χ4v) is 3.76. The van der Waals surface area contributed by atoms with Crippen molar-refractivity contribution in [3.05, 3.63) is 58.2 Å². The maximum Gasteiger partial charge on any atom is 0.414 e. The van der Waals surface area contributed by atoms with Crippen molar-refractivity contribution in [1.29, 1.82) is 5.26 Å². The zero-order valence-electron chi connectivity index (χ0n) is 18.5. The molecule has 3 aromatic rings.